The number of hydrogen-bond acceptors (Lipinski definition) is 8. The van der Waals surface area contributed by atoms with Crippen molar-refractivity contribution in [3.05, 3.63) is 41.4 Å². The highest BCUT2D eigenvalue weighted by Crippen LogP contribution is 2.23. The van der Waals surface area contributed by atoms with E-state index in [1.54, 1.807) is 11.3 Å². The van der Waals surface area contributed by atoms with Crippen molar-refractivity contribution in [3.63, 3.8) is 0 Å². The van der Waals surface area contributed by atoms with Crippen LogP contribution in [0.5, 0.6) is 0 Å². The van der Waals surface area contributed by atoms with E-state index in [1.165, 1.54) is 0 Å². The maximum atomic E-state index is 9.89. The summed E-state index contributed by atoms with van der Waals surface area (Å²) in [7, 11) is 0. The number of thiazole rings is 1. The number of unbranched alkanes of at least 4 members (excludes halogenated alkanes) is 3. The van der Waals surface area contributed by atoms with Crippen LogP contribution < -0.4 is 0 Å². The average molecular weight is 437 g/mol. The van der Waals surface area contributed by atoms with Gasteiger partial charge in [-0.3, -0.25) is 4.90 Å². The van der Waals surface area contributed by atoms with E-state index in [2.05, 4.69) is 17.1 Å². The molecule has 2 heterocycles. The van der Waals surface area contributed by atoms with Crippen LogP contribution in [0.15, 0.2) is 35.7 Å². The Bertz CT molecular complexity index is 728. The first kappa shape index (κ1) is 23.3. The van der Waals surface area contributed by atoms with Crippen LogP contribution in [0.1, 0.15) is 31.4 Å². The lowest BCUT2D eigenvalue weighted by Crippen LogP contribution is -2.43. The summed E-state index contributed by atoms with van der Waals surface area (Å²) in [6, 6.07) is 10.1. The molecule has 8 heteroatoms. The molecule has 1 aromatic heterocycles. The lowest BCUT2D eigenvalue weighted by Gasteiger charge is -2.23. The standard InChI is InChI=1S/C22H32N2O5S/c25-18-12-24(13-19(26)21(28)20(18)27)10-6-1-2-7-11-29-14-17-15-30-22(23-17)16-8-4-3-5-9-16/h3-5,8-9,15,18-21,25-28H,1-2,6-7,10-14H2/t18-,19-,20+,21+/m0/s1. The van der Waals surface area contributed by atoms with Crippen LogP contribution >= 0.6 is 11.3 Å². The smallest absolute Gasteiger partial charge is 0.123 e. The van der Waals surface area contributed by atoms with Gasteiger partial charge in [-0.2, -0.15) is 0 Å². The molecule has 0 radical (unpaired) electrons. The van der Waals surface area contributed by atoms with Gasteiger partial charge in [-0.05, 0) is 19.4 Å². The molecule has 0 bridgehead atoms. The first-order valence-corrected chi connectivity index (χ1v) is 11.4. The second kappa shape index (κ2) is 11.9. The van der Waals surface area contributed by atoms with E-state index >= 15 is 0 Å². The molecule has 1 fully saturated rings. The van der Waals surface area contributed by atoms with Gasteiger partial charge in [0.25, 0.3) is 0 Å². The zero-order valence-electron chi connectivity index (χ0n) is 17.1. The Morgan fingerprint density at radius 1 is 0.933 bits per heavy atom. The van der Waals surface area contributed by atoms with Gasteiger partial charge in [-0.15, -0.1) is 11.3 Å². The molecule has 166 valence electrons. The van der Waals surface area contributed by atoms with Crippen LogP contribution in [-0.4, -0.2) is 81.0 Å². The summed E-state index contributed by atoms with van der Waals surface area (Å²) in [4.78, 5) is 6.52. The molecule has 0 saturated carbocycles. The molecular weight excluding hydrogens is 404 g/mol. The van der Waals surface area contributed by atoms with Crippen molar-refractivity contribution in [2.24, 2.45) is 0 Å². The predicted molar refractivity (Wildman–Crippen MR) is 116 cm³/mol. The Kier molecular flexibility index (Phi) is 9.20. The van der Waals surface area contributed by atoms with Crippen molar-refractivity contribution < 1.29 is 25.2 Å². The average Bonchev–Trinajstić information content (AvgIpc) is 3.20. The lowest BCUT2D eigenvalue weighted by atomic mass is 10.1. The molecule has 1 aliphatic heterocycles. The molecule has 0 amide bonds. The first-order valence-electron chi connectivity index (χ1n) is 10.6. The van der Waals surface area contributed by atoms with Crippen molar-refractivity contribution >= 4 is 11.3 Å². The lowest BCUT2D eigenvalue weighted by molar-refractivity contribution is -0.0894. The van der Waals surface area contributed by atoms with E-state index in [1.807, 2.05) is 28.5 Å². The van der Waals surface area contributed by atoms with Crippen LogP contribution in [0.2, 0.25) is 0 Å². The van der Waals surface area contributed by atoms with Gasteiger partial charge in [-0.1, -0.05) is 43.2 Å². The topological polar surface area (TPSA) is 106 Å². The minimum Gasteiger partial charge on any atom is -0.389 e. The summed E-state index contributed by atoms with van der Waals surface area (Å²) < 4.78 is 5.75. The molecule has 4 atom stereocenters. The number of rotatable bonds is 10. The van der Waals surface area contributed by atoms with Gasteiger partial charge in [0, 0.05) is 30.6 Å². The molecule has 4 N–H and O–H groups in total. The molecular formula is C22H32N2O5S. The Balaban J connectivity index is 1.25. The number of benzene rings is 1. The van der Waals surface area contributed by atoms with E-state index in [0.717, 1.165) is 48.5 Å². The van der Waals surface area contributed by atoms with E-state index in [4.69, 9.17) is 4.74 Å². The zero-order chi connectivity index (χ0) is 21.3. The second-order valence-corrected chi connectivity index (χ2v) is 8.71. The van der Waals surface area contributed by atoms with Gasteiger partial charge in [0.1, 0.15) is 17.2 Å². The van der Waals surface area contributed by atoms with Crippen molar-refractivity contribution in [3.8, 4) is 10.6 Å². The minimum absolute atomic E-state index is 0.261. The third-order valence-corrected chi connectivity index (χ3v) is 6.30. The summed E-state index contributed by atoms with van der Waals surface area (Å²) in [6.45, 7) is 2.46. The SMILES string of the molecule is O[C@H]1[C@H](O)[C@@H](O)CN(CCCCCCOCc2csc(-c3ccccc3)n2)C[C@@H]1O. The minimum atomic E-state index is -1.30. The maximum absolute atomic E-state index is 9.89. The number of ether oxygens (including phenoxy) is 1. The molecule has 1 aromatic carbocycles. The Morgan fingerprint density at radius 2 is 1.60 bits per heavy atom. The van der Waals surface area contributed by atoms with Gasteiger partial charge in [0.15, 0.2) is 0 Å². The van der Waals surface area contributed by atoms with Gasteiger partial charge in [-0.25, -0.2) is 4.98 Å². The van der Waals surface area contributed by atoms with Crippen LogP contribution in [0, 0.1) is 0 Å². The normalized spacial score (nSPS) is 25.3. The van der Waals surface area contributed by atoms with Gasteiger partial charge >= 0.3 is 0 Å². The molecule has 3 rings (SSSR count). The summed E-state index contributed by atoms with van der Waals surface area (Å²) in [5.74, 6) is 0. The van der Waals surface area contributed by atoms with Crippen molar-refractivity contribution in [2.75, 3.05) is 26.2 Å². The number of nitrogens with zero attached hydrogens (tertiary/aromatic N) is 2. The second-order valence-electron chi connectivity index (χ2n) is 7.85. The van der Waals surface area contributed by atoms with E-state index in [0.29, 0.717) is 13.2 Å². The molecule has 7 nitrogen and oxygen atoms in total. The van der Waals surface area contributed by atoms with E-state index < -0.39 is 24.4 Å². The van der Waals surface area contributed by atoms with E-state index in [-0.39, 0.29) is 13.1 Å². The monoisotopic (exact) mass is 436 g/mol. The third kappa shape index (κ3) is 6.81. The molecule has 30 heavy (non-hydrogen) atoms. The fraction of sp³-hybridized carbons (Fsp3) is 0.591. The first-order chi connectivity index (χ1) is 14.5. The number of likely N-dealkylation sites (tertiary alicyclic amines) is 1. The quantitative estimate of drug-likeness (QED) is 0.420. The Labute approximate surface area is 181 Å². The van der Waals surface area contributed by atoms with Gasteiger partial charge in [0.05, 0.1) is 24.5 Å². The summed E-state index contributed by atoms with van der Waals surface area (Å²) >= 11 is 1.63. The molecule has 0 spiro atoms. The van der Waals surface area contributed by atoms with Gasteiger partial charge < -0.3 is 25.2 Å². The highest BCUT2D eigenvalue weighted by atomic mass is 32.1. The third-order valence-electron chi connectivity index (χ3n) is 5.36. The molecule has 1 saturated heterocycles. The number of aromatic nitrogens is 1. The summed E-state index contributed by atoms with van der Waals surface area (Å²) in [6.07, 6.45) is -0.733. The van der Waals surface area contributed by atoms with Crippen molar-refractivity contribution in [1.29, 1.82) is 0 Å². The van der Waals surface area contributed by atoms with Crippen LogP contribution in [0.3, 0.4) is 0 Å². The number of aliphatic hydroxyl groups is 4. The summed E-state index contributed by atoms with van der Waals surface area (Å²) in [5.41, 5.74) is 2.09. The number of β-amino-alcohol motifs (C(OH)–C–C–N with tert-alkyl or cyclic N) is 2. The van der Waals surface area contributed by atoms with Crippen LogP contribution in [0.4, 0.5) is 0 Å². The molecule has 0 aliphatic carbocycles. The van der Waals surface area contributed by atoms with Crippen LogP contribution in [-0.2, 0) is 11.3 Å². The Morgan fingerprint density at radius 3 is 2.30 bits per heavy atom. The fourth-order valence-electron chi connectivity index (χ4n) is 3.61. The highest BCUT2D eigenvalue weighted by molar-refractivity contribution is 7.13. The molecule has 1 aliphatic rings. The van der Waals surface area contributed by atoms with Crippen LogP contribution in [0.25, 0.3) is 10.6 Å². The van der Waals surface area contributed by atoms with Gasteiger partial charge in [0.2, 0.25) is 0 Å². The predicted octanol–water partition coefficient (Wildman–Crippen LogP) is 1.65. The zero-order valence-corrected chi connectivity index (χ0v) is 18.0. The highest BCUT2D eigenvalue weighted by Gasteiger charge is 2.35. The largest absolute Gasteiger partial charge is 0.389 e. The van der Waals surface area contributed by atoms with Crippen molar-refractivity contribution in [2.45, 2.75) is 56.7 Å². The molecule has 2 aromatic rings. The fourth-order valence-corrected chi connectivity index (χ4v) is 4.42. The summed E-state index contributed by atoms with van der Waals surface area (Å²) in [5, 5.41) is 42.3. The van der Waals surface area contributed by atoms with E-state index in [9.17, 15) is 20.4 Å². The Hall–Kier alpha value is -1.39. The molecule has 0 unspecified atom stereocenters. The number of aliphatic hydroxyl groups excluding tert-OH is 4. The van der Waals surface area contributed by atoms with Crippen molar-refractivity contribution in [1.82, 2.24) is 9.88 Å². The maximum Gasteiger partial charge on any atom is 0.123 e. The number of hydrogen-bond donors (Lipinski definition) is 4.